The van der Waals surface area contributed by atoms with E-state index in [0.717, 1.165) is 4.47 Å². The normalized spacial score (nSPS) is 11.0. The minimum absolute atomic E-state index is 0.0389. The van der Waals surface area contributed by atoms with Gasteiger partial charge in [-0.3, -0.25) is 9.59 Å². The van der Waals surface area contributed by atoms with E-state index in [2.05, 4.69) is 21.2 Å². The molecule has 0 spiro atoms. The first-order valence-electron chi connectivity index (χ1n) is 6.67. The molecule has 0 aliphatic carbocycles. The Labute approximate surface area is 142 Å². The highest BCUT2D eigenvalue weighted by Crippen LogP contribution is 2.17. The molecule has 0 radical (unpaired) electrons. The fourth-order valence-corrected chi connectivity index (χ4v) is 3.42. The number of amides is 1. The molecule has 0 saturated heterocycles. The predicted octanol–water partition coefficient (Wildman–Crippen LogP) is 3.06. The molecule has 0 fully saturated rings. The Morgan fingerprint density at radius 3 is 2.09 bits per heavy atom. The molecule has 7 heteroatoms. The quantitative estimate of drug-likeness (QED) is 0.788. The number of hydrogen-bond acceptors (Lipinski definition) is 4. The van der Waals surface area contributed by atoms with Crippen molar-refractivity contribution in [1.82, 2.24) is 0 Å². The lowest BCUT2D eigenvalue weighted by molar-refractivity contribution is -0.114. The minimum Gasteiger partial charge on any atom is -0.326 e. The number of halogens is 1. The van der Waals surface area contributed by atoms with E-state index in [1.807, 2.05) is 0 Å². The van der Waals surface area contributed by atoms with Crippen LogP contribution in [-0.2, 0) is 14.6 Å². The van der Waals surface area contributed by atoms with Crippen LogP contribution in [0, 0.1) is 0 Å². The summed E-state index contributed by atoms with van der Waals surface area (Å²) in [5.41, 5.74) is 0.835. The van der Waals surface area contributed by atoms with E-state index >= 15 is 0 Å². The highest BCUT2D eigenvalue weighted by molar-refractivity contribution is 9.10. The number of ketones is 1. The third kappa shape index (κ3) is 4.74. The Balaban J connectivity index is 2.16. The Bertz CT molecular complexity index is 827. The predicted molar refractivity (Wildman–Crippen MR) is 91.3 cm³/mol. The molecule has 0 saturated carbocycles. The van der Waals surface area contributed by atoms with Crippen LogP contribution < -0.4 is 5.32 Å². The molecule has 2 aromatic rings. The number of carbonyl (C=O) groups excluding carboxylic acids is 2. The maximum atomic E-state index is 12.3. The van der Waals surface area contributed by atoms with Crippen LogP contribution in [0.5, 0.6) is 0 Å². The maximum absolute atomic E-state index is 12.3. The van der Waals surface area contributed by atoms with E-state index in [9.17, 15) is 18.0 Å². The van der Waals surface area contributed by atoms with Gasteiger partial charge in [0.05, 0.1) is 4.90 Å². The monoisotopic (exact) mass is 395 g/mol. The zero-order valence-electron chi connectivity index (χ0n) is 12.2. The van der Waals surface area contributed by atoms with Gasteiger partial charge in [0.25, 0.3) is 0 Å². The summed E-state index contributed by atoms with van der Waals surface area (Å²) in [6, 6.07) is 12.2. The number of benzene rings is 2. The number of rotatable bonds is 5. The lowest BCUT2D eigenvalue weighted by atomic mass is 10.2. The van der Waals surface area contributed by atoms with Crippen LogP contribution in [0.4, 0.5) is 5.69 Å². The van der Waals surface area contributed by atoms with Gasteiger partial charge >= 0.3 is 0 Å². The van der Waals surface area contributed by atoms with Crippen LogP contribution in [0.15, 0.2) is 57.9 Å². The third-order valence-corrected chi connectivity index (χ3v) is 5.18. The molecule has 0 unspecified atom stereocenters. The Kier molecular flexibility index (Phi) is 5.33. The van der Waals surface area contributed by atoms with Crippen molar-refractivity contribution in [2.45, 2.75) is 11.8 Å². The first kappa shape index (κ1) is 17.4. The van der Waals surface area contributed by atoms with Gasteiger partial charge in [0.15, 0.2) is 15.6 Å². The summed E-state index contributed by atoms with van der Waals surface area (Å²) in [5.74, 6) is -1.32. The molecule has 0 aromatic heterocycles. The van der Waals surface area contributed by atoms with Crippen molar-refractivity contribution in [3.8, 4) is 0 Å². The van der Waals surface area contributed by atoms with Crippen LogP contribution in [-0.4, -0.2) is 25.9 Å². The highest BCUT2D eigenvalue weighted by Gasteiger charge is 2.20. The fourth-order valence-electron chi connectivity index (χ4n) is 1.92. The van der Waals surface area contributed by atoms with Gasteiger partial charge < -0.3 is 5.32 Å². The molecule has 1 N–H and O–H groups in total. The molecule has 0 atom stereocenters. The standard InChI is InChI=1S/C16H14BrNO4S/c1-11(19)18-14-6-8-15(9-7-14)23(21,22)10-16(20)12-2-4-13(17)5-3-12/h2-9H,10H2,1H3,(H,18,19). The van der Waals surface area contributed by atoms with Crippen molar-refractivity contribution >= 4 is 43.1 Å². The Morgan fingerprint density at radius 1 is 1.00 bits per heavy atom. The molecule has 0 aliphatic rings. The van der Waals surface area contributed by atoms with Crippen molar-refractivity contribution in [3.63, 3.8) is 0 Å². The zero-order chi connectivity index (χ0) is 17.0. The van der Waals surface area contributed by atoms with E-state index in [1.54, 1.807) is 24.3 Å². The fraction of sp³-hybridized carbons (Fsp3) is 0.125. The van der Waals surface area contributed by atoms with Gasteiger partial charge in [-0.15, -0.1) is 0 Å². The SMILES string of the molecule is CC(=O)Nc1ccc(S(=O)(=O)CC(=O)c2ccc(Br)cc2)cc1. The molecule has 23 heavy (non-hydrogen) atoms. The van der Waals surface area contributed by atoms with E-state index in [0.29, 0.717) is 11.3 Å². The summed E-state index contributed by atoms with van der Waals surface area (Å²) in [4.78, 5) is 23.1. The summed E-state index contributed by atoms with van der Waals surface area (Å²) in [7, 11) is -3.74. The lowest BCUT2D eigenvalue weighted by Gasteiger charge is -2.06. The second-order valence-corrected chi connectivity index (χ2v) is 7.80. The van der Waals surface area contributed by atoms with Gasteiger partial charge in [0.1, 0.15) is 5.75 Å². The van der Waals surface area contributed by atoms with Gasteiger partial charge in [-0.2, -0.15) is 0 Å². The van der Waals surface area contributed by atoms with E-state index in [4.69, 9.17) is 0 Å². The van der Waals surface area contributed by atoms with Gasteiger partial charge in [-0.1, -0.05) is 28.1 Å². The molecular formula is C16H14BrNO4S. The number of sulfone groups is 1. The number of Topliss-reactive ketones (excluding diaryl/α,β-unsaturated/α-hetero) is 1. The number of hydrogen-bond donors (Lipinski definition) is 1. The van der Waals surface area contributed by atoms with Crippen molar-refractivity contribution in [3.05, 3.63) is 58.6 Å². The molecule has 0 bridgehead atoms. The Hall–Kier alpha value is -1.99. The van der Waals surface area contributed by atoms with Crippen LogP contribution in [0.25, 0.3) is 0 Å². The van der Waals surface area contributed by atoms with Crippen molar-refractivity contribution in [2.75, 3.05) is 11.1 Å². The molecule has 2 rings (SSSR count). The number of anilines is 1. The second-order valence-electron chi connectivity index (χ2n) is 4.89. The molecule has 5 nitrogen and oxygen atoms in total. The first-order chi connectivity index (χ1) is 10.8. The largest absolute Gasteiger partial charge is 0.326 e. The molecule has 0 heterocycles. The van der Waals surface area contributed by atoms with Crippen molar-refractivity contribution < 1.29 is 18.0 Å². The minimum atomic E-state index is -3.74. The Morgan fingerprint density at radius 2 is 1.57 bits per heavy atom. The highest BCUT2D eigenvalue weighted by atomic mass is 79.9. The average molecular weight is 396 g/mol. The molecular weight excluding hydrogens is 382 g/mol. The summed E-state index contributed by atoms with van der Waals surface area (Å²) in [6.45, 7) is 1.36. The van der Waals surface area contributed by atoms with E-state index in [1.165, 1.54) is 31.2 Å². The lowest BCUT2D eigenvalue weighted by Crippen LogP contribution is -2.16. The van der Waals surface area contributed by atoms with Crippen LogP contribution in [0.3, 0.4) is 0 Å². The average Bonchev–Trinajstić information content (AvgIpc) is 2.47. The molecule has 120 valence electrons. The zero-order valence-corrected chi connectivity index (χ0v) is 14.6. The van der Waals surface area contributed by atoms with Gasteiger partial charge in [0.2, 0.25) is 5.91 Å². The van der Waals surface area contributed by atoms with E-state index in [-0.39, 0.29) is 10.8 Å². The molecule has 1 amide bonds. The van der Waals surface area contributed by atoms with Gasteiger partial charge in [-0.05, 0) is 36.4 Å². The maximum Gasteiger partial charge on any atom is 0.221 e. The summed E-state index contributed by atoms with van der Waals surface area (Å²) < 4.78 is 25.4. The smallest absolute Gasteiger partial charge is 0.221 e. The second kappa shape index (κ2) is 7.06. The van der Waals surface area contributed by atoms with Crippen LogP contribution >= 0.6 is 15.9 Å². The third-order valence-electron chi connectivity index (χ3n) is 3.02. The molecule has 2 aromatic carbocycles. The van der Waals surface area contributed by atoms with Crippen LogP contribution in [0.1, 0.15) is 17.3 Å². The number of nitrogens with one attached hydrogen (secondary N) is 1. The van der Waals surface area contributed by atoms with Crippen molar-refractivity contribution in [2.24, 2.45) is 0 Å². The summed E-state index contributed by atoms with van der Waals surface area (Å²) >= 11 is 3.26. The van der Waals surface area contributed by atoms with Gasteiger partial charge in [-0.25, -0.2) is 8.42 Å². The van der Waals surface area contributed by atoms with Crippen LogP contribution in [0.2, 0.25) is 0 Å². The van der Waals surface area contributed by atoms with Crippen molar-refractivity contribution in [1.29, 1.82) is 0 Å². The summed E-state index contributed by atoms with van der Waals surface area (Å²) in [6.07, 6.45) is 0. The summed E-state index contributed by atoms with van der Waals surface area (Å²) in [5, 5.41) is 2.55. The first-order valence-corrected chi connectivity index (χ1v) is 9.11. The van der Waals surface area contributed by atoms with E-state index < -0.39 is 21.4 Å². The van der Waals surface area contributed by atoms with Gasteiger partial charge in [0, 0.05) is 22.6 Å². The molecule has 0 aliphatic heterocycles. The topological polar surface area (TPSA) is 80.3 Å². The number of carbonyl (C=O) groups is 2.